The molecule has 4 rings (SSSR count). The van der Waals surface area contributed by atoms with E-state index in [9.17, 15) is 9.90 Å². The predicted molar refractivity (Wildman–Crippen MR) is 143 cm³/mol. The minimum atomic E-state index is -0.796. The number of rotatable bonds is 9. The Hall–Kier alpha value is -1.94. The van der Waals surface area contributed by atoms with Crippen molar-refractivity contribution in [2.75, 3.05) is 25.7 Å². The number of halogens is 1. The maximum Gasteiger partial charge on any atom is -1.00 e. The van der Waals surface area contributed by atoms with Gasteiger partial charge in [-0.15, -0.1) is 0 Å². The second-order valence-electron chi connectivity index (χ2n) is 8.26. The number of allylic oxidation sites excluding steroid dienone is 2. The number of carbonyl (C=O) groups is 1. The van der Waals surface area contributed by atoms with Crippen molar-refractivity contribution in [3.05, 3.63) is 57.1 Å². The topological polar surface area (TPSA) is 62.9 Å². The molecule has 0 aliphatic carbocycles. The van der Waals surface area contributed by atoms with Gasteiger partial charge in [-0.05, 0) is 0 Å². The van der Waals surface area contributed by atoms with E-state index in [1.54, 1.807) is 26.0 Å². The first-order valence-corrected chi connectivity index (χ1v) is 14.2. The van der Waals surface area contributed by atoms with Crippen LogP contribution in [0.4, 0.5) is 5.69 Å². The molecule has 0 bridgehead atoms. The van der Waals surface area contributed by atoms with E-state index >= 15 is 0 Å². The number of nitrogens with zero attached hydrogens (tertiary/aromatic N) is 2. The van der Waals surface area contributed by atoms with Crippen LogP contribution in [0.3, 0.4) is 0 Å². The molecular formula is C27H31IN2O4SSe. The minimum Gasteiger partial charge on any atom is -1.00 e. The van der Waals surface area contributed by atoms with Crippen LogP contribution in [-0.2, 0) is 11.3 Å². The van der Waals surface area contributed by atoms with Gasteiger partial charge in [-0.3, -0.25) is 0 Å². The van der Waals surface area contributed by atoms with Crippen LogP contribution in [0.2, 0.25) is 0 Å². The van der Waals surface area contributed by atoms with Crippen LogP contribution < -0.4 is 42.9 Å². The number of ether oxygens (including phenoxy) is 2. The summed E-state index contributed by atoms with van der Waals surface area (Å²) in [6.45, 7) is 7.68. The van der Waals surface area contributed by atoms with Crippen molar-refractivity contribution in [3.8, 4) is 11.5 Å². The van der Waals surface area contributed by atoms with Crippen LogP contribution in [0.5, 0.6) is 11.5 Å². The summed E-state index contributed by atoms with van der Waals surface area (Å²) in [6, 6.07) is 10.5. The van der Waals surface area contributed by atoms with Gasteiger partial charge in [0, 0.05) is 0 Å². The molecule has 0 saturated heterocycles. The van der Waals surface area contributed by atoms with Gasteiger partial charge in [-0.1, -0.05) is 0 Å². The Morgan fingerprint density at radius 2 is 1.97 bits per heavy atom. The Kier molecular flexibility index (Phi) is 9.97. The van der Waals surface area contributed by atoms with E-state index in [2.05, 4.69) is 59.7 Å². The monoisotopic (exact) mass is 686 g/mol. The molecule has 2 heterocycles. The largest absolute Gasteiger partial charge is 1.00 e. The molecule has 0 radical (unpaired) electrons. The van der Waals surface area contributed by atoms with Crippen molar-refractivity contribution < 1.29 is 47.9 Å². The summed E-state index contributed by atoms with van der Waals surface area (Å²) >= 11 is 1.89. The van der Waals surface area contributed by atoms with Gasteiger partial charge >= 0.3 is 217 Å². The molecule has 1 aliphatic rings. The Labute approximate surface area is 239 Å². The zero-order chi connectivity index (χ0) is 25.1. The van der Waals surface area contributed by atoms with E-state index in [-0.39, 0.29) is 44.9 Å². The zero-order valence-electron chi connectivity index (χ0n) is 21.1. The van der Waals surface area contributed by atoms with Crippen LogP contribution in [0.25, 0.3) is 15.9 Å². The van der Waals surface area contributed by atoms with Crippen LogP contribution in [0, 0.1) is 6.92 Å². The number of aryl methyl sites for hydroxylation is 2. The van der Waals surface area contributed by atoms with Gasteiger partial charge in [-0.25, -0.2) is 0 Å². The van der Waals surface area contributed by atoms with Gasteiger partial charge in [0.15, 0.2) is 0 Å². The molecule has 0 amide bonds. The number of methoxy groups -OCH3 is 2. The molecule has 0 atom stereocenters. The zero-order valence-corrected chi connectivity index (χ0v) is 25.8. The molecule has 3 aromatic rings. The maximum absolute atomic E-state index is 11.4. The molecule has 0 unspecified atom stereocenters. The average molecular weight is 685 g/mol. The number of hydrogen-bond donors (Lipinski definition) is 1. The summed E-state index contributed by atoms with van der Waals surface area (Å²) in [5, 5.41) is 10.4. The quantitative estimate of drug-likeness (QED) is 0.212. The van der Waals surface area contributed by atoms with Crippen LogP contribution in [0.15, 0.2) is 51.9 Å². The summed E-state index contributed by atoms with van der Waals surface area (Å²) in [5.74, 6) is 0.925. The third-order valence-electron chi connectivity index (χ3n) is 6.08. The van der Waals surface area contributed by atoms with E-state index in [1.807, 2.05) is 13.0 Å². The summed E-state index contributed by atoms with van der Waals surface area (Å²) in [4.78, 5) is 14.6. The Balaban J connectivity index is 0.00000361. The Bertz CT molecular complexity index is 1340. The number of aromatic nitrogens is 1. The number of hydrogen-bond acceptors (Lipinski definition) is 5. The first-order chi connectivity index (χ1) is 16.9. The Morgan fingerprint density at radius 1 is 1.19 bits per heavy atom. The Morgan fingerprint density at radius 3 is 2.61 bits per heavy atom. The number of benzene rings is 2. The number of anilines is 1. The fourth-order valence-corrected chi connectivity index (χ4v) is 7.86. The van der Waals surface area contributed by atoms with Gasteiger partial charge in [0.1, 0.15) is 0 Å². The van der Waals surface area contributed by atoms with E-state index in [0.717, 1.165) is 45.6 Å². The smallest absolute Gasteiger partial charge is 1.00 e. The van der Waals surface area contributed by atoms with Crippen molar-refractivity contribution in [1.29, 1.82) is 0 Å². The van der Waals surface area contributed by atoms with Crippen molar-refractivity contribution in [2.24, 2.45) is 0 Å². The number of carboxylic acids is 1. The molecular weight excluding hydrogens is 654 g/mol. The molecule has 36 heavy (non-hydrogen) atoms. The van der Waals surface area contributed by atoms with Crippen molar-refractivity contribution >= 4 is 53.8 Å². The summed E-state index contributed by atoms with van der Waals surface area (Å²) in [5.41, 5.74) is 4.54. The SMILES string of the molecule is CCC(=Cc1[se]c2ccc(OC)cc2[n+]1CC)C=C1Sc2cc(OC)c(C)cc2N1CCC(=O)O.[I-]. The van der Waals surface area contributed by atoms with E-state index in [0.29, 0.717) is 6.54 Å². The number of fused-ring (bicyclic) bond motifs is 2. The molecule has 0 spiro atoms. The van der Waals surface area contributed by atoms with Crippen molar-refractivity contribution in [1.82, 2.24) is 0 Å². The molecule has 9 heteroatoms. The summed E-state index contributed by atoms with van der Waals surface area (Å²) < 4.78 is 16.0. The van der Waals surface area contributed by atoms with E-state index < -0.39 is 5.97 Å². The third-order valence-corrected chi connectivity index (χ3v) is 9.51. The molecule has 0 saturated carbocycles. The molecule has 2 aromatic carbocycles. The van der Waals surface area contributed by atoms with Crippen LogP contribution in [0.1, 0.15) is 36.8 Å². The van der Waals surface area contributed by atoms with Gasteiger partial charge in [0.25, 0.3) is 0 Å². The second-order valence-corrected chi connectivity index (χ2v) is 11.6. The van der Waals surface area contributed by atoms with E-state index in [4.69, 9.17) is 9.47 Å². The van der Waals surface area contributed by atoms with Gasteiger partial charge in [0.05, 0.1) is 0 Å². The summed E-state index contributed by atoms with van der Waals surface area (Å²) in [7, 11) is 3.38. The van der Waals surface area contributed by atoms with E-state index in [1.165, 1.54) is 19.9 Å². The number of aliphatic carboxylic acids is 1. The second kappa shape index (κ2) is 12.5. The molecule has 6 nitrogen and oxygen atoms in total. The number of carboxylic acid groups (broad SMARTS) is 1. The van der Waals surface area contributed by atoms with Crippen LogP contribution >= 0.6 is 11.8 Å². The van der Waals surface area contributed by atoms with Gasteiger partial charge in [0.2, 0.25) is 0 Å². The predicted octanol–water partition coefficient (Wildman–Crippen LogP) is 2.26. The summed E-state index contributed by atoms with van der Waals surface area (Å²) in [6.07, 6.45) is 5.49. The molecule has 1 aliphatic heterocycles. The van der Waals surface area contributed by atoms with Crippen LogP contribution in [-0.4, -0.2) is 46.3 Å². The maximum atomic E-state index is 11.4. The molecule has 0 fully saturated rings. The molecule has 1 aromatic heterocycles. The first-order valence-electron chi connectivity index (χ1n) is 11.7. The normalized spacial score (nSPS) is 14.2. The average Bonchev–Trinajstić information content (AvgIpc) is 3.36. The van der Waals surface area contributed by atoms with Crippen molar-refractivity contribution in [2.45, 2.75) is 45.1 Å². The minimum absolute atomic E-state index is 0. The third kappa shape index (κ3) is 5.96. The van der Waals surface area contributed by atoms with Crippen molar-refractivity contribution in [3.63, 3.8) is 0 Å². The fourth-order valence-electron chi connectivity index (χ4n) is 4.20. The van der Waals surface area contributed by atoms with Gasteiger partial charge < -0.3 is 24.0 Å². The fraction of sp³-hybridized carbons (Fsp3) is 0.333. The van der Waals surface area contributed by atoms with Gasteiger partial charge in [-0.2, -0.15) is 0 Å². The first kappa shape index (κ1) is 28.6. The molecule has 192 valence electrons. The molecule has 1 N–H and O–H groups in total. The standard InChI is InChI=1S/C27H30N2O4SSe.HI/c1-6-18(14-26-28(7-2)21-15-19(32-4)8-9-24(21)35-26)13-25-29(11-10-27(30)31)20-12-17(3)22(33-5)16-23(20)34-25;/h8-9,12-16H,6-7,10-11H2,1-5H3;1H. The number of thioether (sulfide) groups is 1.